The summed E-state index contributed by atoms with van der Waals surface area (Å²) in [6.45, 7) is 0. The average molecular weight is 378 g/mol. The summed E-state index contributed by atoms with van der Waals surface area (Å²) in [7, 11) is 1.46. The van der Waals surface area contributed by atoms with Crippen LogP contribution in [0.4, 0.5) is 8.78 Å². The van der Waals surface area contributed by atoms with Gasteiger partial charge in [-0.3, -0.25) is 0 Å². The summed E-state index contributed by atoms with van der Waals surface area (Å²) in [6, 6.07) is 0. The highest BCUT2D eigenvalue weighted by atomic mass is 127. The number of hydrogen-bond acceptors (Lipinski definition) is 2. The molecule has 1 heterocycles. The van der Waals surface area contributed by atoms with Crippen LogP contribution in [0.1, 0.15) is 17.6 Å². The van der Waals surface area contributed by atoms with Crippen LogP contribution in [0.3, 0.4) is 0 Å². The number of ether oxygens (including phenoxy) is 1. The first kappa shape index (κ1) is 12.1. The van der Waals surface area contributed by atoms with E-state index in [1.165, 1.54) is 7.11 Å². The van der Waals surface area contributed by atoms with E-state index in [0.29, 0.717) is 20.3 Å². The first-order chi connectivity index (χ1) is 6.61. The van der Waals surface area contributed by atoms with Crippen LogP contribution in [0.15, 0.2) is 6.20 Å². The second kappa shape index (κ2) is 5.20. The summed E-state index contributed by atoms with van der Waals surface area (Å²) in [5.74, 6) is 0.385. The molecule has 0 aliphatic heterocycles. The molecule has 0 radical (unpaired) electrons. The SMILES string of the molecule is COc1ncc(C(F)F)c(I)c1CBr. The molecule has 14 heavy (non-hydrogen) atoms. The normalized spacial score (nSPS) is 10.7. The van der Waals surface area contributed by atoms with Crippen molar-refractivity contribution in [1.82, 2.24) is 4.98 Å². The fraction of sp³-hybridized carbons (Fsp3) is 0.375. The lowest BCUT2D eigenvalue weighted by Crippen LogP contribution is -2.01. The van der Waals surface area contributed by atoms with E-state index in [9.17, 15) is 8.78 Å². The summed E-state index contributed by atoms with van der Waals surface area (Å²) < 4.78 is 30.4. The van der Waals surface area contributed by atoms with Gasteiger partial charge in [-0.1, -0.05) is 15.9 Å². The van der Waals surface area contributed by atoms with Crippen molar-refractivity contribution in [3.8, 4) is 5.88 Å². The maximum Gasteiger partial charge on any atom is 0.266 e. The molecule has 0 amide bonds. The van der Waals surface area contributed by atoms with Crippen LogP contribution in [0.2, 0.25) is 0 Å². The summed E-state index contributed by atoms with van der Waals surface area (Å²) in [5.41, 5.74) is 0.603. The third-order valence-electron chi connectivity index (χ3n) is 1.66. The van der Waals surface area contributed by atoms with Gasteiger partial charge in [0.05, 0.1) is 7.11 Å². The van der Waals surface area contributed by atoms with Crippen LogP contribution in [0.5, 0.6) is 5.88 Å². The van der Waals surface area contributed by atoms with Crippen LogP contribution < -0.4 is 4.74 Å². The predicted molar refractivity (Wildman–Crippen MR) is 61.1 cm³/mol. The van der Waals surface area contributed by atoms with Crippen LogP contribution in [-0.4, -0.2) is 12.1 Å². The van der Waals surface area contributed by atoms with E-state index >= 15 is 0 Å². The number of aromatic nitrogens is 1. The monoisotopic (exact) mass is 377 g/mol. The smallest absolute Gasteiger partial charge is 0.266 e. The van der Waals surface area contributed by atoms with Gasteiger partial charge in [-0.15, -0.1) is 0 Å². The van der Waals surface area contributed by atoms with Gasteiger partial charge in [-0.05, 0) is 22.6 Å². The largest absolute Gasteiger partial charge is 0.481 e. The van der Waals surface area contributed by atoms with Crippen molar-refractivity contribution in [2.24, 2.45) is 0 Å². The van der Waals surface area contributed by atoms with E-state index in [2.05, 4.69) is 20.9 Å². The molecule has 6 heteroatoms. The molecule has 2 nitrogen and oxygen atoms in total. The van der Waals surface area contributed by atoms with E-state index in [-0.39, 0.29) is 5.56 Å². The number of hydrogen-bond donors (Lipinski definition) is 0. The second-order valence-electron chi connectivity index (χ2n) is 2.45. The minimum absolute atomic E-state index is 0.0548. The third-order valence-corrected chi connectivity index (χ3v) is 3.49. The van der Waals surface area contributed by atoms with Crippen molar-refractivity contribution in [1.29, 1.82) is 0 Å². The molecule has 1 aromatic heterocycles. The zero-order valence-corrected chi connectivity index (χ0v) is 11.0. The average Bonchev–Trinajstić information content (AvgIpc) is 2.16. The molecule has 0 N–H and O–H groups in total. The van der Waals surface area contributed by atoms with Crippen molar-refractivity contribution >= 4 is 38.5 Å². The van der Waals surface area contributed by atoms with Gasteiger partial charge in [0.2, 0.25) is 5.88 Å². The Labute approximate surface area is 102 Å². The molecule has 0 aliphatic rings. The summed E-state index contributed by atoms with van der Waals surface area (Å²) >= 11 is 5.09. The minimum atomic E-state index is -2.50. The summed E-state index contributed by atoms with van der Waals surface area (Å²) in [5, 5.41) is 0.446. The quantitative estimate of drug-likeness (QED) is 0.594. The van der Waals surface area contributed by atoms with E-state index in [4.69, 9.17) is 4.74 Å². The molecule has 78 valence electrons. The predicted octanol–water partition coefficient (Wildman–Crippen LogP) is 3.53. The highest BCUT2D eigenvalue weighted by molar-refractivity contribution is 14.1. The summed E-state index contributed by atoms with van der Waals surface area (Å²) in [6.07, 6.45) is -1.35. The molecule has 0 fully saturated rings. The van der Waals surface area contributed by atoms with Crippen molar-refractivity contribution in [2.75, 3.05) is 7.11 Å². The van der Waals surface area contributed by atoms with Crippen LogP contribution in [0, 0.1) is 3.57 Å². The highest BCUT2D eigenvalue weighted by Gasteiger charge is 2.18. The number of halogens is 4. The van der Waals surface area contributed by atoms with Crippen LogP contribution in [-0.2, 0) is 5.33 Å². The van der Waals surface area contributed by atoms with Gasteiger partial charge in [0, 0.05) is 26.2 Å². The van der Waals surface area contributed by atoms with Gasteiger partial charge in [0.25, 0.3) is 6.43 Å². The number of alkyl halides is 3. The molecule has 1 aromatic rings. The summed E-state index contributed by atoms with van der Waals surface area (Å²) in [4.78, 5) is 3.81. The Morgan fingerprint density at radius 3 is 2.71 bits per heavy atom. The standard InChI is InChI=1S/C8H7BrF2INO/c1-14-8-4(2-9)6(12)5(3-13-8)7(10)11/h3,7H,2H2,1H3. The number of pyridine rings is 1. The maximum absolute atomic E-state index is 12.5. The molecular weight excluding hydrogens is 371 g/mol. The molecule has 0 aliphatic carbocycles. The van der Waals surface area contributed by atoms with E-state index in [0.717, 1.165) is 6.20 Å². The first-order valence-corrected chi connectivity index (χ1v) is 5.87. The fourth-order valence-electron chi connectivity index (χ4n) is 0.975. The van der Waals surface area contributed by atoms with E-state index < -0.39 is 6.43 Å². The zero-order chi connectivity index (χ0) is 10.7. The molecule has 0 saturated carbocycles. The number of nitrogens with zero attached hydrogens (tertiary/aromatic N) is 1. The Balaban J connectivity index is 3.27. The van der Waals surface area contributed by atoms with Gasteiger partial charge >= 0.3 is 0 Å². The Bertz CT molecular complexity index is 335. The van der Waals surface area contributed by atoms with E-state index in [1.807, 2.05) is 22.6 Å². The molecule has 0 aromatic carbocycles. The van der Waals surface area contributed by atoms with Gasteiger partial charge in [0.15, 0.2) is 0 Å². The fourth-order valence-corrected chi connectivity index (χ4v) is 2.82. The molecular formula is C8H7BrF2INO. The molecule has 0 spiro atoms. The highest BCUT2D eigenvalue weighted by Crippen LogP contribution is 2.31. The van der Waals surface area contributed by atoms with Gasteiger partial charge in [-0.25, -0.2) is 13.8 Å². The van der Waals surface area contributed by atoms with E-state index in [1.54, 1.807) is 0 Å². The van der Waals surface area contributed by atoms with Crippen LogP contribution >= 0.6 is 38.5 Å². The number of rotatable bonds is 3. The maximum atomic E-state index is 12.5. The second-order valence-corrected chi connectivity index (χ2v) is 4.09. The lowest BCUT2D eigenvalue weighted by molar-refractivity contribution is 0.149. The molecule has 0 unspecified atom stereocenters. The van der Waals surface area contributed by atoms with Crippen molar-refractivity contribution in [3.05, 3.63) is 20.9 Å². The molecule has 0 atom stereocenters. The van der Waals surface area contributed by atoms with Gasteiger partial charge in [-0.2, -0.15) is 0 Å². The number of methoxy groups -OCH3 is 1. The Morgan fingerprint density at radius 1 is 1.64 bits per heavy atom. The Hall–Kier alpha value is 0.0200. The van der Waals surface area contributed by atoms with Crippen molar-refractivity contribution < 1.29 is 13.5 Å². The molecule has 1 rings (SSSR count). The topological polar surface area (TPSA) is 22.1 Å². The van der Waals surface area contributed by atoms with Gasteiger partial charge in [0.1, 0.15) is 0 Å². The lowest BCUT2D eigenvalue weighted by Gasteiger charge is -2.10. The Kier molecular flexibility index (Phi) is 4.49. The third kappa shape index (κ3) is 2.33. The van der Waals surface area contributed by atoms with Crippen molar-refractivity contribution in [3.63, 3.8) is 0 Å². The lowest BCUT2D eigenvalue weighted by atomic mass is 10.2. The molecule has 0 saturated heterocycles. The molecule has 0 bridgehead atoms. The van der Waals surface area contributed by atoms with Gasteiger partial charge < -0.3 is 4.74 Å². The first-order valence-electron chi connectivity index (χ1n) is 3.67. The van der Waals surface area contributed by atoms with Crippen molar-refractivity contribution in [2.45, 2.75) is 11.8 Å². The zero-order valence-electron chi connectivity index (χ0n) is 7.23. The minimum Gasteiger partial charge on any atom is -0.481 e. The Morgan fingerprint density at radius 2 is 2.29 bits per heavy atom. The van der Waals surface area contributed by atoms with Crippen LogP contribution in [0.25, 0.3) is 0 Å².